The van der Waals surface area contributed by atoms with Crippen LogP contribution in [0.4, 0.5) is 0 Å². The van der Waals surface area contributed by atoms with Gasteiger partial charge in [-0.2, -0.15) is 0 Å². The minimum absolute atomic E-state index is 0.155. The molecule has 0 heterocycles. The molecule has 4 saturated carbocycles. The summed E-state index contributed by atoms with van der Waals surface area (Å²) in [5, 5.41) is 2.75. The number of benzene rings is 1. The van der Waals surface area contributed by atoms with Crippen molar-refractivity contribution in [2.45, 2.75) is 45.4 Å². The van der Waals surface area contributed by atoms with Gasteiger partial charge in [0, 0.05) is 0 Å². The van der Waals surface area contributed by atoms with Crippen LogP contribution in [0.15, 0.2) is 24.3 Å². The first-order valence-corrected chi connectivity index (χ1v) is 10.9. The maximum atomic E-state index is 12.8. The molecule has 0 unspecified atom stereocenters. The molecular formula is C23H31NO5. The molecule has 1 N–H and O–H groups in total. The molecular weight excluding hydrogens is 370 g/mol. The smallest absolute Gasteiger partial charge is 0.312 e. The van der Waals surface area contributed by atoms with Crippen molar-refractivity contribution in [3.63, 3.8) is 0 Å². The Bertz CT molecular complexity index is 694. The minimum Gasteiger partial charge on any atom is -0.494 e. The lowest BCUT2D eigenvalue weighted by atomic mass is 9.49. The molecule has 1 amide bonds. The van der Waals surface area contributed by atoms with Crippen LogP contribution in [0.1, 0.15) is 45.4 Å². The molecule has 0 atom stereocenters. The molecule has 0 aromatic heterocycles. The van der Waals surface area contributed by atoms with E-state index < -0.39 is 0 Å². The molecule has 4 fully saturated rings. The number of amides is 1. The van der Waals surface area contributed by atoms with Crippen LogP contribution in [0.5, 0.6) is 11.5 Å². The number of rotatable bonds is 9. The summed E-state index contributed by atoms with van der Waals surface area (Å²) in [6.45, 7) is 3.07. The Morgan fingerprint density at radius 3 is 2.07 bits per heavy atom. The molecule has 6 nitrogen and oxygen atoms in total. The Labute approximate surface area is 172 Å². The van der Waals surface area contributed by atoms with Gasteiger partial charge in [0.25, 0.3) is 5.91 Å². The zero-order valence-corrected chi connectivity index (χ0v) is 17.2. The van der Waals surface area contributed by atoms with E-state index in [2.05, 4.69) is 5.32 Å². The first-order chi connectivity index (χ1) is 14.1. The predicted molar refractivity (Wildman–Crippen MR) is 108 cm³/mol. The highest BCUT2D eigenvalue weighted by molar-refractivity contribution is 5.83. The van der Waals surface area contributed by atoms with E-state index in [1.54, 1.807) is 0 Å². The minimum atomic E-state index is -0.314. The summed E-state index contributed by atoms with van der Waals surface area (Å²) in [6, 6.07) is 7.36. The summed E-state index contributed by atoms with van der Waals surface area (Å²) in [5.74, 6) is 3.13. The Kier molecular flexibility index (Phi) is 5.97. The van der Waals surface area contributed by atoms with E-state index in [1.165, 1.54) is 19.3 Å². The molecule has 0 saturated heterocycles. The number of carbonyl (C=O) groups is 2. The molecule has 0 radical (unpaired) electrons. The van der Waals surface area contributed by atoms with Gasteiger partial charge in [0.05, 0.1) is 18.6 Å². The van der Waals surface area contributed by atoms with Crippen LogP contribution in [-0.2, 0) is 14.3 Å². The number of carbonyl (C=O) groups excluding carboxylic acids is 2. The molecule has 4 bridgehead atoms. The topological polar surface area (TPSA) is 73.9 Å². The van der Waals surface area contributed by atoms with E-state index in [0.717, 1.165) is 30.8 Å². The Hall–Kier alpha value is -2.24. The average molecular weight is 402 g/mol. The molecule has 4 aliphatic carbocycles. The largest absolute Gasteiger partial charge is 0.494 e. The van der Waals surface area contributed by atoms with Gasteiger partial charge in [-0.25, -0.2) is 0 Å². The number of ether oxygens (including phenoxy) is 3. The van der Waals surface area contributed by atoms with Crippen LogP contribution in [-0.4, -0.2) is 38.2 Å². The molecule has 0 aliphatic heterocycles. The SMILES string of the molecule is CCOc1ccc(OCCNC(=O)COC(=O)C23CC4CC(CC(C4)C2)C3)cc1. The highest BCUT2D eigenvalue weighted by atomic mass is 16.5. The second-order valence-corrected chi connectivity index (χ2v) is 8.88. The van der Waals surface area contributed by atoms with Crippen LogP contribution in [0, 0.1) is 23.2 Å². The van der Waals surface area contributed by atoms with Gasteiger partial charge < -0.3 is 19.5 Å². The van der Waals surface area contributed by atoms with E-state index in [1.807, 2.05) is 31.2 Å². The van der Waals surface area contributed by atoms with Crippen LogP contribution >= 0.6 is 0 Å². The summed E-state index contributed by atoms with van der Waals surface area (Å²) >= 11 is 0. The maximum absolute atomic E-state index is 12.8. The zero-order valence-electron chi connectivity index (χ0n) is 17.2. The van der Waals surface area contributed by atoms with Gasteiger partial charge in [0.2, 0.25) is 0 Å². The van der Waals surface area contributed by atoms with Crippen molar-refractivity contribution < 1.29 is 23.8 Å². The average Bonchev–Trinajstić information content (AvgIpc) is 2.70. The van der Waals surface area contributed by atoms with Gasteiger partial charge in [-0.05, 0) is 87.5 Å². The van der Waals surface area contributed by atoms with E-state index in [0.29, 0.717) is 37.5 Å². The summed E-state index contributed by atoms with van der Waals surface area (Å²) < 4.78 is 16.4. The molecule has 4 aliphatic rings. The van der Waals surface area contributed by atoms with Gasteiger partial charge in [0.1, 0.15) is 18.1 Å². The molecule has 0 spiro atoms. The lowest BCUT2D eigenvalue weighted by Gasteiger charge is -2.55. The zero-order chi connectivity index (χ0) is 20.3. The summed E-state index contributed by atoms with van der Waals surface area (Å²) in [7, 11) is 0. The number of nitrogens with one attached hydrogen (secondary N) is 1. The van der Waals surface area contributed by atoms with Crippen molar-refractivity contribution in [3.05, 3.63) is 24.3 Å². The van der Waals surface area contributed by atoms with Crippen molar-refractivity contribution in [3.8, 4) is 11.5 Å². The van der Waals surface area contributed by atoms with E-state index in [-0.39, 0.29) is 23.9 Å². The second-order valence-electron chi connectivity index (χ2n) is 8.88. The summed E-state index contributed by atoms with van der Waals surface area (Å²) in [6.07, 6.45) is 6.70. The second kappa shape index (κ2) is 8.64. The maximum Gasteiger partial charge on any atom is 0.312 e. The van der Waals surface area contributed by atoms with Crippen molar-refractivity contribution in [2.75, 3.05) is 26.4 Å². The van der Waals surface area contributed by atoms with Gasteiger partial charge >= 0.3 is 5.97 Å². The summed E-state index contributed by atoms with van der Waals surface area (Å²) in [4.78, 5) is 24.8. The van der Waals surface area contributed by atoms with Gasteiger partial charge in [0.15, 0.2) is 6.61 Å². The fourth-order valence-electron chi connectivity index (χ4n) is 5.85. The van der Waals surface area contributed by atoms with Crippen LogP contribution in [0.25, 0.3) is 0 Å². The molecule has 5 rings (SSSR count). The number of esters is 1. The first kappa shape index (κ1) is 20.0. The van der Waals surface area contributed by atoms with E-state index in [9.17, 15) is 9.59 Å². The van der Waals surface area contributed by atoms with Crippen LogP contribution < -0.4 is 14.8 Å². The lowest BCUT2D eigenvalue weighted by Crippen LogP contribution is -2.51. The number of hydrogen-bond donors (Lipinski definition) is 1. The van der Waals surface area contributed by atoms with Crippen molar-refractivity contribution in [2.24, 2.45) is 23.2 Å². The monoisotopic (exact) mass is 401 g/mol. The standard InChI is InChI=1S/C23H31NO5/c1-2-27-19-3-5-20(6-4-19)28-8-7-24-21(25)15-29-22(26)23-12-16-9-17(13-23)11-18(10-16)14-23/h3-6,16-18H,2,7-15H2,1H3,(H,24,25). The lowest BCUT2D eigenvalue weighted by molar-refractivity contribution is -0.173. The van der Waals surface area contributed by atoms with Crippen molar-refractivity contribution in [1.82, 2.24) is 5.32 Å². The molecule has 6 heteroatoms. The fraction of sp³-hybridized carbons (Fsp3) is 0.652. The Morgan fingerprint density at radius 2 is 1.52 bits per heavy atom. The van der Waals surface area contributed by atoms with Crippen LogP contribution in [0.2, 0.25) is 0 Å². The third-order valence-electron chi connectivity index (χ3n) is 6.63. The number of hydrogen-bond acceptors (Lipinski definition) is 5. The van der Waals surface area contributed by atoms with Gasteiger partial charge in [-0.3, -0.25) is 9.59 Å². The highest BCUT2D eigenvalue weighted by Gasteiger charge is 2.55. The third kappa shape index (κ3) is 4.68. The summed E-state index contributed by atoms with van der Waals surface area (Å²) in [5.41, 5.74) is -0.314. The first-order valence-electron chi connectivity index (χ1n) is 10.9. The third-order valence-corrected chi connectivity index (χ3v) is 6.63. The highest BCUT2D eigenvalue weighted by Crippen LogP contribution is 2.60. The molecule has 29 heavy (non-hydrogen) atoms. The normalized spacial score (nSPS) is 29.3. The Morgan fingerprint density at radius 1 is 0.966 bits per heavy atom. The van der Waals surface area contributed by atoms with E-state index in [4.69, 9.17) is 14.2 Å². The molecule has 158 valence electrons. The van der Waals surface area contributed by atoms with E-state index >= 15 is 0 Å². The molecule has 1 aromatic rings. The Balaban J connectivity index is 1.15. The van der Waals surface area contributed by atoms with Crippen LogP contribution in [0.3, 0.4) is 0 Å². The van der Waals surface area contributed by atoms with Crippen molar-refractivity contribution in [1.29, 1.82) is 0 Å². The van der Waals surface area contributed by atoms with Gasteiger partial charge in [-0.1, -0.05) is 0 Å². The van der Waals surface area contributed by atoms with Crippen molar-refractivity contribution >= 4 is 11.9 Å². The molecule has 1 aromatic carbocycles. The quantitative estimate of drug-likeness (QED) is 0.507. The fourth-order valence-corrected chi connectivity index (χ4v) is 5.85. The predicted octanol–water partition coefficient (Wildman–Crippen LogP) is 3.34. The van der Waals surface area contributed by atoms with Gasteiger partial charge in [-0.15, -0.1) is 0 Å².